The van der Waals surface area contributed by atoms with E-state index >= 15 is 0 Å². The molecule has 3 rings (SSSR count). The molecule has 2 N–H and O–H groups in total. The molecule has 1 heterocycles. The van der Waals surface area contributed by atoms with Crippen LogP contribution in [0.15, 0.2) is 58.7 Å². The number of Topliss-reactive ketones (excluding diaryl/α,β-unsaturated/α-hetero) is 1. The molecule has 164 valence electrons. The first kappa shape index (κ1) is 22.8. The van der Waals surface area contributed by atoms with Crippen LogP contribution in [0.2, 0.25) is 0 Å². The number of nitro groups is 1. The van der Waals surface area contributed by atoms with E-state index in [9.17, 15) is 24.5 Å². The summed E-state index contributed by atoms with van der Waals surface area (Å²) in [6.07, 6.45) is -0.0899. The molecule has 11 heteroatoms. The first-order chi connectivity index (χ1) is 15.2. The second-order valence-corrected chi connectivity index (χ2v) is 8.07. The minimum Gasteiger partial charge on any atom is -0.326 e. The van der Waals surface area contributed by atoms with Gasteiger partial charge >= 0.3 is 0 Å². The fourth-order valence-electron chi connectivity index (χ4n) is 2.81. The van der Waals surface area contributed by atoms with E-state index < -0.39 is 10.2 Å². The van der Waals surface area contributed by atoms with Crippen LogP contribution < -0.4 is 10.6 Å². The summed E-state index contributed by atoms with van der Waals surface area (Å²) in [5.74, 6) is -0.867. The zero-order chi connectivity index (χ0) is 23.3. The number of hydrogen-bond donors (Lipinski definition) is 2. The highest BCUT2D eigenvalue weighted by atomic mass is 32.2. The Hall–Kier alpha value is -3.86. The SMILES string of the molecule is CC(=O)c1cccc(NC(=O)C[C@@H]2SC(=NN=C(C)c3cccc([N+](=O)[O-])c3)NC2=O)c1. The Bertz CT molecular complexity index is 1160. The van der Waals surface area contributed by atoms with Crippen molar-refractivity contribution in [3.63, 3.8) is 0 Å². The van der Waals surface area contributed by atoms with Crippen LogP contribution in [-0.2, 0) is 9.59 Å². The zero-order valence-electron chi connectivity index (χ0n) is 17.2. The number of nitrogens with one attached hydrogen (secondary N) is 2. The van der Waals surface area contributed by atoms with Gasteiger partial charge in [-0.15, -0.1) is 5.10 Å². The molecule has 0 radical (unpaired) electrons. The number of nitro benzene ring substituents is 1. The van der Waals surface area contributed by atoms with E-state index in [0.29, 0.717) is 22.5 Å². The van der Waals surface area contributed by atoms with Crippen molar-refractivity contribution < 1.29 is 19.3 Å². The van der Waals surface area contributed by atoms with Gasteiger partial charge in [0.25, 0.3) is 5.69 Å². The molecule has 10 nitrogen and oxygen atoms in total. The molecule has 0 aromatic heterocycles. The highest BCUT2D eigenvalue weighted by molar-refractivity contribution is 8.15. The molecule has 1 saturated heterocycles. The maximum absolute atomic E-state index is 12.3. The summed E-state index contributed by atoms with van der Waals surface area (Å²) in [5.41, 5.74) is 1.84. The van der Waals surface area contributed by atoms with Crippen LogP contribution in [0.3, 0.4) is 0 Å². The summed E-state index contributed by atoms with van der Waals surface area (Å²) < 4.78 is 0. The van der Waals surface area contributed by atoms with E-state index in [0.717, 1.165) is 11.8 Å². The van der Waals surface area contributed by atoms with Gasteiger partial charge in [0.1, 0.15) is 5.25 Å². The molecule has 0 aliphatic carbocycles. The molecule has 0 unspecified atom stereocenters. The van der Waals surface area contributed by atoms with Crippen LogP contribution >= 0.6 is 11.8 Å². The molecular weight excluding hydrogens is 434 g/mol. The van der Waals surface area contributed by atoms with E-state index in [4.69, 9.17) is 0 Å². The van der Waals surface area contributed by atoms with Gasteiger partial charge in [-0.1, -0.05) is 36.0 Å². The number of carbonyl (C=O) groups excluding carboxylic acids is 3. The molecule has 1 atom stereocenters. The fourth-order valence-corrected chi connectivity index (χ4v) is 3.72. The van der Waals surface area contributed by atoms with Crippen LogP contribution in [-0.4, -0.2) is 38.7 Å². The van der Waals surface area contributed by atoms with Gasteiger partial charge in [-0.25, -0.2) is 0 Å². The van der Waals surface area contributed by atoms with Crippen molar-refractivity contribution in [3.8, 4) is 0 Å². The number of hydrogen-bond acceptors (Lipinski definition) is 8. The maximum atomic E-state index is 12.3. The van der Waals surface area contributed by atoms with E-state index in [1.807, 2.05) is 0 Å². The van der Waals surface area contributed by atoms with Crippen molar-refractivity contribution in [1.82, 2.24) is 5.32 Å². The van der Waals surface area contributed by atoms with Gasteiger partial charge in [0.15, 0.2) is 11.0 Å². The third-order valence-corrected chi connectivity index (χ3v) is 5.54. The van der Waals surface area contributed by atoms with Crippen molar-refractivity contribution in [2.45, 2.75) is 25.5 Å². The van der Waals surface area contributed by atoms with E-state index in [-0.39, 0.29) is 34.9 Å². The lowest BCUT2D eigenvalue weighted by Gasteiger charge is -2.08. The monoisotopic (exact) mass is 453 g/mol. The number of benzene rings is 2. The first-order valence-corrected chi connectivity index (χ1v) is 10.4. The summed E-state index contributed by atoms with van der Waals surface area (Å²) in [4.78, 5) is 46.4. The highest BCUT2D eigenvalue weighted by Gasteiger charge is 2.32. The predicted molar refractivity (Wildman–Crippen MR) is 122 cm³/mol. The number of thioether (sulfide) groups is 1. The number of carbonyl (C=O) groups is 3. The molecule has 0 spiro atoms. The Labute approximate surface area is 187 Å². The van der Waals surface area contributed by atoms with Crippen LogP contribution in [0, 0.1) is 10.1 Å². The van der Waals surface area contributed by atoms with Crippen molar-refractivity contribution in [2.24, 2.45) is 10.2 Å². The number of anilines is 1. The molecule has 1 aliphatic rings. The number of nitrogens with zero attached hydrogens (tertiary/aromatic N) is 3. The van der Waals surface area contributed by atoms with Crippen LogP contribution in [0.1, 0.15) is 36.2 Å². The van der Waals surface area contributed by atoms with Crippen molar-refractivity contribution in [3.05, 3.63) is 69.8 Å². The molecule has 2 amide bonds. The van der Waals surface area contributed by atoms with E-state index in [1.165, 1.54) is 19.1 Å². The molecule has 1 aliphatic heterocycles. The lowest BCUT2D eigenvalue weighted by Crippen LogP contribution is -2.28. The van der Waals surface area contributed by atoms with Crippen molar-refractivity contribution in [1.29, 1.82) is 0 Å². The maximum Gasteiger partial charge on any atom is 0.270 e. The molecule has 0 bridgehead atoms. The second-order valence-electron chi connectivity index (χ2n) is 6.88. The predicted octanol–water partition coefficient (Wildman–Crippen LogP) is 3.14. The summed E-state index contributed by atoms with van der Waals surface area (Å²) in [6, 6.07) is 12.5. The number of non-ortho nitro benzene ring substituents is 1. The lowest BCUT2D eigenvalue weighted by molar-refractivity contribution is -0.384. The number of rotatable bonds is 7. The summed E-state index contributed by atoms with van der Waals surface area (Å²) in [7, 11) is 0. The third kappa shape index (κ3) is 5.85. The number of ketones is 1. The second kappa shape index (κ2) is 9.96. The minimum absolute atomic E-state index is 0.0619. The van der Waals surface area contributed by atoms with Gasteiger partial charge in [-0.05, 0) is 26.0 Å². The Morgan fingerprint density at radius 3 is 2.59 bits per heavy atom. The van der Waals surface area contributed by atoms with Gasteiger partial charge < -0.3 is 10.6 Å². The average Bonchev–Trinajstić information content (AvgIpc) is 3.11. The molecule has 32 heavy (non-hydrogen) atoms. The van der Waals surface area contributed by atoms with Gasteiger partial charge in [0, 0.05) is 35.4 Å². The van der Waals surface area contributed by atoms with Gasteiger partial charge in [-0.2, -0.15) is 5.10 Å². The van der Waals surface area contributed by atoms with Crippen LogP contribution in [0.4, 0.5) is 11.4 Å². The third-order valence-electron chi connectivity index (χ3n) is 4.47. The van der Waals surface area contributed by atoms with Gasteiger partial charge in [-0.3, -0.25) is 24.5 Å². The molecule has 1 fully saturated rings. The Morgan fingerprint density at radius 2 is 1.88 bits per heavy atom. The molecular formula is C21H19N5O5S. The highest BCUT2D eigenvalue weighted by Crippen LogP contribution is 2.23. The lowest BCUT2D eigenvalue weighted by atomic mass is 10.1. The summed E-state index contributed by atoms with van der Waals surface area (Å²) in [5, 5.41) is 23.7. The average molecular weight is 453 g/mol. The number of amides is 2. The zero-order valence-corrected chi connectivity index (χ0v) is 18.0. The van der Waals surface area contributed by atoms with Crippen molar-refractivity contribution in [2.75, 3.05) is 5.32 Å². The largest absolute Gasteiger partial charge is 0.326 e. The van der Waals surface area contributed by atoms with Crippen molar-refractivity contribution >= 4 is 51.6 Å². The smallest absolute Gasteiger partial charge is 0.270 e. The normalized spacial score (nSPS) is 17.2. The summed E-state index contributed by atoms with van der Waals surface area (Å²) in [6.45, 7) is 3.08. The molecule has 2 aromatic carbocycles. The minimum atomic E-state index is -0.682. The van der Waals surface area contributed by atoms with Gasteiger partial charge in [0.2, 0.25) is 11.8 Å². The quantitative estimate of drug-likeness (QED) is 0.285. The Kier molecular flexibility index (Phi) is 7.11. The van der Waals surface area contributed by atoms with Crippen LogP contribution in [0.25, 0.3) is 0 Å². The van der Waals surface area contributed by atoms with Crippen LogP contribution in [0.5, 0.6) is 0 Å². The van der Waals surface area contributed by atoms with E-state index in [1.54, 1.807) is 43.3 Å². The first-order valence-electron chi connectivity index (χ1n) is 9.48. The summed E-state index contributed by atoms with van der Waals surface area (Å²) >= 11 is 1.07. The van der Waals surface area contributed by atoms with Gasteiger partial charge in [0.05, 0.1) is 10.6 Å². The standard InChI is InChI=1S/C21H19N5O5S/c1-12(14-5-4-8-17(10-14)26(30)31)24-25-21-23-20(29)18(32-21)11-19(28)22-16-7-3-6-15(9-16)13(2)27/h3-10,18H,11H2,1-2H3,(H,22,28)(H,23,25,29)/t18-/m0/s1. The topological polar surface area (TPSA) is 143 Å². The Balaban J connectivity index is 1.62. The fraction of sp³-hybridized carbons (Fsp3) is 0.190. The molecule has 2 aromatic rings. The Morgan fingerprint density at radius 1 is 1.16 bits per heavy atom. The molecule has 0 saturated carbocycles. The number of amidine groups is 1. The van der Waals surface area contributed by atoms with E-state index in [2.05, 4.69) is 20.8 Å².